The van der Waals surface area contributed by atoms with Gasteiger partial charge in [0.05, 0.1) is 17.9 Å². The first-order chi connectivity index (χ1) is 10.0. The van der Waals surface area contributed by atoms with Crippen molar-refractivity contribution in [2.75, 3.05) is 7.05 Å². The van der Waals surface area contributed by atoms with E-state index >= 15 is 0 Å². The molecule has 0 saturated carbocycles. The minimum atomic E-state index is -1.12. The minimum Gasteiger partial charge on any atom is -0.481 e. The number of rotatable bonds is 3. The molecule has 1 aromatic rings. The van der Waals surface area contributed by atoms with Gasteiger partial charge >= 0.3 is 5.97 Å². The largest absolute Gasteiger partial charge is 0.481 e. The van der Waals surface area contributed by atoms with E-state index < -0.39 is 23.9 Å². The molecule has 2 bridgehead atoms. The molecule has 0 aliphatic carbocycles. The van der Waals surface area contributed by atoms with E-state index in [1.54, 1.807) is 24.3 Å². The molecule has 2 fully saturated rings. The van der Waals surface area contributed by atoms with E-state index in [-0.39, 0.29) is 17.9 Å². The van der Waals surface area contributed by atoms with Crippen LogP contribution in [0.2, 0.25) is 0 Å². The first-order valence-electron chi connectivity index (χ1n) is 7.24. The van der Waals surface area contributed by atoms with Crippen LogP contribution < -0.4 is 0 Å². The van der Waals surface area contributed by atoms with E-state index in [1.165, 1.54) is 0 Å². The van der Waals surface area contributed by atoms with E-state index in [0.29, 0.717) is 12.0 Å². The summed E-state index contributed by atoms with van der Waals surface area (Å²) in [4.78, 5) is 26.2. The molecule has 0 radical (unpaired) electrons. The molecular formula is C16H19NO4. The van der Waals surface area contributed by atoms with Crippen LogP contribution in [0.1, 0.15) is 23.2 Å². The van der Waals surface area contributed by atoms with Gasteiger partial charge in [-0.15, -0.1) is 0 Å². The van der Waals surface area contributed by atoms with Gasteiger partial charge in [-0.25, -0.2) is 0 Å². The molecule has 0 amide bonds. The maximum Gasteiger partial charge on any atom is 0.310 e. The number of hydrogen-bond acceptors (Lipinski definition) is 4. The fourth-order valence-electron chi connectivity index (χ4n) is 3.97. The van der Waals surface area contributed by atoms with Crippen LogP contribution in [0.5, 0.6) is 0 Å². The number of hydrogen-bond donors (Lipinski definition) is 2. The number of aliphatic hydroxyl groups excluding tert-OH is 1. The van der Waals surface area contributed by atoms with Crippen molar-refractivity contribution < 1.29 is 19.8 Å². The molecule has 21 heavy (non-hydrogen) atoms. The predicted molar refractivity (Wildman–Crippen MR) is 76.0 cm³/mol. The Morgan fingerprint density at radius 2 is 1.67 bits per heavy atom. The molecule has 2 saturated heterocycles. The molecule has 2 aliphatic rings. The fourth-order valence-corrected chi connectivity index (χ4v) is 3.97. The maximum absolute atomic E-state index is 12.7. The van der Waals surface area contributed by atoms with Crippen LogP contribution in [0.4, 0.5) is 0 Å². The quantitative estimate of drug-likeness (QED) is 0.812. The molecule has 112 valence electrons. The molecule has 2 N–H and O–H groups in total. The lowest BCUT2D eigenvalue weighted by Gasteiger charge is -2.43. The highest BCUT2D eigenvalue weighted by atomic mass is 16.4. The number of piperidine rings is 1. The molecule has 1 aromatic carbocycles. The summed E-state index contributed by atoms with van der Waals surface area (Å²) in [5, 5.41) is 19.9. The Labute approximate surface area is 123 Å². The number of aliphatic hydroxyl groups is 1. The zero-order valence-corrected chi connectivity index (χ0v) is 11.8. The number of carbonyl (C=O) groups excluding carboxylic acids is 1. The Balaban J connectivity index is 1.97. The Morgan fingerprint density at radius 1 is 1.10 bits per heavy atom. The highest BCUT2D eigenvalue weighted by molar-refractivity contribution is 5.99. The zero-order valence-electron chi connectivity index (χ0n) is 11.8. The van der Waals surface area contributed by atoms with Gasteiger partial charge in [-0.2, -0.15) is 0 Å². The van der Waals surface area contributed by atoms with Gasteiger partial charge in [-0.05, 0) is 19.9 Å². The Hall–Kier alpha value is -1.72. The van der Waals surface area contributed by atoms with E-state index in [1.807, 2.05) is 18.0 Å². The summed E-state index contributed by atoms with van der Waals surface area (Å²) in [6.45, 7) is 0. The number of aliphatic carboxylic acids is 1. The molecule has 0 spiro atoms. The van der Waals surface area contributed by atoms with Crippen molar-refractivity contribution in [1.29, 1.82) is 0 Å². The molecule has 3 rings (SSSR count). The first-order valence-corrected chi connectivity index (χ1v) is 7.24. The van der Waals surface area contributed by atoms with Crippen LogP contribution in [-0.4, -0.2) is 52.1 Å². The van der Waals surface area contributed by atoms with Crippen LogP contribution >= 0.6 is 0 Å². The summed E-state index contributed by atoms with van der Waals surface area (Å²) in [6.07, 6.45) is 0.350. The van der Waals surface area contributed by atoms with E-state index in [4.69, 9.17) is 0 Å². The number of carbonyl (C=O) groups is 2. The second kappa shape index (κ2) is 5.24. The summed E-state index contributed by atoms with van der Waals surface area (Å²) in [7, 11) is 1.86. The number of fused-ring (bicyclic) bond motifs is 2. The molecule has 2 aliphatic heterocycles. The monoisotopic (exact) mass is 289 g/mol. The van der Waals surface area contributed by atoms with E-state index in [0.717, 1.165) is 6.42 Å². The number of ketones is 1. The molecular weight excluding hydrogens is 270 g/mol. The maximum atomic E-state index is 12.7. The number of carboxylic acids is 1. The third-order valence-corrected chi connectivity index (χ3v) is 5.02. The second-order valence-electron chi connectivity index (χ2n) is 5.99. The zero-order chi connectivity index (χ0) is 15.1. The van der Waals surface area contributed by atoms with Gasteiger partial charge in [0, 0.05) is 17.6 Å². The van der Waals surface area contributed by atoms with E-state index in [9.17, 15) is 19.8 Å². The first kappa shape index (κ1) is 14.2. The van der Waals surface area contributed by atoms with Crippen molar-refractivity contribution in [3.8, 4) is 0 Å². The van der Waals surface area contributed by atoms with Crippen LogP contribution in [-0.2, 0) is 4.79 Å². The average Bonchev–Trinajstić information content (AvgIpc) is 2.74. The standard InChI is InChI=1S/C16H19NO4/c1-17-10-7-8-11(17)13(16(20)21)15(19)12(10)14(18)9-5-3-2-4-6-9/h2-6,10-13,15,19H,7-8H2,1H3,(H,20,21)/t10-,11+,12?,13+,15-/m0/s1. The number of Topliss-reactive ketones (excluding diaryl/α,β-unsaturated/α-hetero) is 1. The van der Waals surface area contributed by atoms with Gasteiger partial charge in [-0.1, -0.05) is 30.3 Å². The van der Waals surface area contributed by atoms with Crippen molar-refractivity contribution in [2.45, 2.75) is 31.0 Å². The second-order valence-corrected chi connectivity index (χ2v) is 5.99. The summed E-state index contributed by atoms with van der Waals surface area (Å²) in [6, 6.07) is 8.55. The summed E-state index contributed by atoms with van der Waals surface area (Å²) in [5.41, 5.74) is 0.532. The molecule has 5 atom stereocenters. The van der Waals surface area contributed by atoms with Crippen molar-refractivity contribution in [2.24, 2.45) is 11.8 Å². The lowest BCUT2D eigenvalue weighted by Crippen LogP contribution is -2.59. The highest BCUT2D eigenvalue weighted by Gasteiger charge is 2.55. The average molecular weight is 289 g/mol. The van der Waals surface area contributed by atoms with Gasteiger partial charge in [0.25, 0.3) is 0 Å². The number of carboxylic acid groups (broad SMARTS) is 1. The summed E-state index contributed by atoms with van der Waals surface area (Å²) in [5.74, 6) is -2.75. The SMILES string of the molecule is CN1[C@@H]2CC[C@H]1C(C(=O)c1ccccc1)[C@H](O)[C@@H]2C(=O)O. The third kappa shape index (κ3) is 2.17. The van der Waals surface area contributed by atoms with Gasteiger partial charge in [0.1, 0.15) is 0 Å². The predicted octanol–water partition coefficient (Wildman–Crippen LogP) is 1.02. The smallest absolute Gasteiger partial charge is 0.310 e. The van der Waals surface area contributed by atoms with Gasteiger partial charge in [-0.3, -0.25) is 14.5 Å². The van der Waals surface area contributed by atoms with Crippen molar-refractivity contribution >= 4 is 11.8 Å². The summed E-state index contributed by atoms with van der Waals surface area (Å²) < 4.78 is 0. The van der Waals surface area contributed by atoms with Gasteiger partial charge in [0.2, 0.25) is 0 Å². The van der Waals surface area contributed by atoms with E-state index in [2.05, 4.69) is 0 Å². The van der Waals surface area contributed by atoms with Gasteiger partial charge < -0.3 is 10.2 Å². The van der Waals surface area contributed by atoms with Crippen molar-refractivity contribution in [3.05, 3.63) is 35.9 Å². The van der Waals surface area contributed by atoms with Crippen LogP contribution in [0.15, 0.2) is 30.3 Å². The fraction of sp³-hybridized carbons (Fsp3) is 0.500. The number of benzene rings is 1. The Morgan fingerprint density at radius 3 is 2.24 bits per heavy atom. The van der Waals surface area contributed by atoms with Crippen LogP contribution in [0.25, 0.3) is 0 Å². The molecule has 0 aromatic heterocycles. The van der Waals surface area contributed by atoms with Crippen LogP contribution in [0, 0.1) is 11.8 Å². The topological polar surface area (TPSA) is 77.8 Å². The molecule has 2 heterocycles. The molecule has 5 heteroatoms. The van der Waals surface area contributed by atoms with Crippen molar-refractivity contribution in [1.82, 2.24) is 4.90 Å². The minimum absolute atomic E-state index is 0.0756. The lowest BCUT2D eigenvalue weighted by atomic mass is 9.76. The Bertz CT molecular complexity index is 559. The highest BCUT2D eigenvalue weighted by Crippen LogP contribution is 2.43. The summed E-state index contributed by atoms with van der Waals surface area (Å²) >= 11 is 0. The van der Waals surface area contributed by atoms with Crippen LogP contribution in [0.3, 0.4) is 0 Å². The number of nitrogens with zero attached hydrogens (tertiary/aromatic N) is 1. The van der Waals surface area contributed by atoms with Gasteiger partial charge in [0.15, 0.2) is 5.78 Å². The lowest BCUT2D eigenvalue weighted by molar-refractivity contribution is -0.154. The third-order valence-electron chi connectivity index (χ3n) is 5.02. The molecule has 1 unspecified atom stereocenters. The Kier molecular flexibility index (Phi) is 3.55. The van der Waals surface area contributed by atoms with Crippen molar-refractivity contribution in [3.63, 3.8) is 0 Å². The molecule has 5 nitrogen and oxygen atoms in total. The normalized spacial score (nSPS) is 35.6.